The molecule has 0 unspecified atom stereocenters. The molecule has 0 aliphatic carbocycles. The predicted octanol–water partition coefficient (Wildman–Crippen LogP) is 2.69. The van der Waals surface area contributed by atoms with Gasteiger partial charge in [0.1, 0.15) is 6.54 Å². The molecule has 0 saturated carbocycles. The van der Waals surface area contributed by atoms with Crippen LogP contribution in [0.25, 0.3) is 0 Å². The van der Waals surface area contributed by atoms with Gasteiger partial charge in [0, 0.05) is 17.7 Å². The van der Waals surface area contributed by atoms with Gasteiger partial charge in [-0.2, -0.15) is 0 Å². The van der Waals surface area contributed by atoms with Crippen LogP contribution in [0.2, 0.25) is 0 Å². The van der Waals surface area contributed by atoms with Gasteiger partial charge in [-0.25, -0.2) is 0 Å². The number of carbonyl (C=O) groups excluding carboxylic acids is 1. The van der Waals surface area contributed by atoms with Crippen LogP contribution < -0.4 is 10.6 Å². The van der Waals surface area contributed by atoms with Crippen LogP contribution in [0.5, 0.6) is 0 Å². The van der Waals surface area contributed by atoms with E-state index in [1.807, 2.05) is 30.3 Å². The van der Waals surface area contributed by atoms with Crippen molar-refractivity contribution in [3.8, 4) is 0 Å². The van der Waals surface area contributed by atoms with Gasteiger partial charge < -0.3 is 5.32 Å². The number of amides is 1. The van der Waals surface area contributed by atoms with Gasteiger partial charge in [0.15, 0.2) is 0 Å². The zero-order chi connectivity index (χ0) is 20.9. The van der Waals surface area contributed by atoms with Crippen LogP contribution in [0, 0.1) is 20.2 Å². The van der Waals surface area contributed by atoms with Gasteiger partial charge in [-0.05, 0) is 0 Å². The maximum absolute atomic E-state index is 12.5. The molecule has 0 aliphatic heterocycles. The molecular formula is C16H14Cl3N4O5+. The number of carbonyl (C=O) groups is 1. The van der Waals surface area contributed by atoms with Crippen molar-refractivity contribution in [2.24, 2.45) is 0 Å². The Morgan fingerprint density at radius 3 is 2.04 bits per heavy atom. The van der Waals surface area contributed by atoms with Gasteiger partial charge in [-0.3, -0.25) is 30.3 Å². The van der Waals surface area contributed by atoms with E-state index in [9.17, 15) is 25.0 Å². The Hall–Kier alpha value is -2.46. The van der Waals surface area contributed by atoms with Crippen molar-refractivity contribution in [2.75, 3.05) is 0 Å². The van der Waals surface area contributed by atoms with Crippen LogP contribution >= 0.6 is 34.8 Å². The van der Waals surface area contributed by atoms with Crippen LogP contribution in [0.15, 0.2) is 48.5 Å². The van der Waals surface area contributed by atoms with Crippen LogP contribution in [-0.2, 0) is 6.54 Å². The van der Waals surface area contributed by atoms with Crippen molar-refractivity contribution in [3.63, 3.8) is 0 Å². The highest BCUT2D eigenvalue weighted by Crippen LogP contribution is 2.28. The fourth-order valence-electron chi connectivity index (χ4n) is 2.30. The van der Waals surface area contributed by atoms with E-state index in [1.165, 1.54) is 0 Å². The molecule has 0 fully saturated rings. The van der Waals surface area contributed by atoms with E-state index in [4.69, 9.17) is 34.8 Å². The normalized spacial score (nSPS) is 12.2. The summed E-state index contributed by atoms with van der Waals surface area (Å²) in [5, 5.41) is 25.9. The standard InChI is InChI=1S/C16H13Cl3N4O5/c17-16(18,19)15(20-9-10-4-2-1-3-5-10)21-14(24)11-6-12(22(25)26)8-13(7-11)23(27)28/h1-8,15,20H,9H2,(H,21,24)/p+1/t15-/m0/s1. The minimum absolute atomic E-state index is 0.298. The number of non-ortho nitro benzene ring substituents is 2. The van der Waals surface area contributed by atoms with Crippen molar-refractivity contribution < 1.29 is 20.0 Å². The lowest BCUT2D eigenvalue weighted by molar-refractivity contribution is -0.706. The zero-order valence-corrected chi connectivity index (χ0v) is 16.3. The third-order valence-corrected chi connectivity index (χ3v) is 4.36. The third-order valence-electron chi connectivity index (χ3n) is 3.66. The molecule has 0 radical (unpaired) electrons. The highest BCUT2D eigenvalue weighted by Gasteiger charge is 2.38. The Morgan fingerprint density at radius 1 is 1.04 bits per heavy atom. The van der Waals surface area contributed by atoms with E-state index in [1.54, 1.807) is 5.32 Å². The molecule has 12 heteroatoms. The molecule has 0 aliphatic rings. The summed E-state index contributed by atoms with van der Waals surface area (Å²) < 4.78 is -1.91. The molecule has 1 atom stereocenters. The number of hydrogen-bond acceptors (Lipinski definition) is 5. The second-order valence-corrected chi connectivity index (χ2v) is 8.04. The van der Waals surface area contributed by atoms with Crippen molar-refractivity contribution in [1.29, 1.82) is 0 Å². The molecule has 0 bridgehead atoms. The fourth-order valence-corrected chi connectivity index (χ4v) is 2.73. The first-order chi connectivity index (χ1) is 13.1. The Balaban J connectivity index is 2.23. The lowest BCUT2D eigenvalue weighted by atomic mass is 10.1. The van der Waals surface area contributed by atoms with E-state index in [-0.39, 0.29) is 5.56 Å². The summed E-state index contributed by atoms with van der Waals surface area (Å²) in [6.07, 6.45) is -1.05. The maximum Gasteiger partial charge on any atom is 0.277 e. The molecule has 0 saturated heterocycles. The first kappa shape index (κ1) is 21.8. The van der Waals surface area contributed by atoms with E-state index in [0.717, 1.165) is 23.8 Å². The van der Waals surface area contributed by atoms with Gasteiger partial charge in [-0.15, -0.1) is 0 Å². The second-order valence-electron chi connectivity index (χ2n) is 5.67. The Morgan fingerprint density at radius 2 is 1.57 bits per heavy atom. The van der Waals surface area contributed by atoms with Crippen molar-refractivity contribution >= 4 is 52.1 Å². The lowest BCUT2D eigenvalue weighted by Crippen LogP contribution is -2.95. The van der Waals surface area contributed by atoms with Gasteiger partial charge >= 0.3 is 0 Å². The highest BCUT2D eigenvalue weighted by atomic mass is 35.6. The average molecular weight is 449 g/mol. The second kappa shape index (κ2) is 9.16. The van der Waals surface area contributed by atoms with Crippen LogP contribution in [-0.4, -0.2) is 25.7 Å². The van der Waals surface area contributed by atoms with Crippen LogP contribution in [0.4, 0.5) is 11.4 Å². The first-order valence-corrected chi connectivity index (χ1v) is 8.90. The summed E-state index contributed by atoms with van der Waals surface area (Å²) in [5.41, 5.74) is -0.591. The Labute approximate surface area is 173 Å². The van der Waals surface area contributed by atoms with E-state index in [0.29, 0.717) is 6.54 Å². The molecular weight excluding hydrogens is 435 g/mol. The highest BCUT2D eigenvalue weighted by molar-refractivity contribution is 6.68. The molecule has 9 nitrogen and oxygen atoms in total. The van der Waals surface area contributed by atoms with E-state index >= 15 is 0 Å². The van der Waals surface area contributed by atoms with Gasteiger partial charge in [-0.1, -0.05) is 65.1 Å². The quantitative estimate of drug-likeness (QED) is 0.291. The molecule has 0 spiro atoms. The third kappa shape index (κ3) is 6.03. The minimum atomic E-state index is -1.91. The number of benzene rings is 2. The molecule has 2 aromatic rings. The van der Waals surface area contributed by atoms with Crippen molar-refractivity contribution in [3.05, 3.63) is 79.9 Å². The zero-order valence-electron chi connectivity index (χ0n) is 14.1. The van der Waals surface area contributed by atoms with Crippen LogP contribution in [0.1, 0.15) is 15.9 Å². The summed E-state index contributed by atoms with van der Waals surface area (Å²) in [5.74, 6) is -0.854. The number of halogens is 3. The smallest absolute Gasteiger partial charge is 0.277 e. The SMILES string of the molecule is O=C(N[C@H]([NH2+]Cc1ccccc1)C(Cl)(Cl)Cl)c1cc([N+](=O)[O-])cc([N+](=O)[O-])c1. The predicted molar refractivity (Wildman–Crippen MR) is 103 cm³/mol. The number of alkyl halides is 3. The monoisotopic (exact) mass is 447 g/mol. The number of nitrogens with one attached hydrogen (secondary N) is 1. The van der Waals surface area contributed by atoms with E-state index < -0.39 is 37.1 Å². The average Bonchev–Trinajstić information content (AvgIpc) is 2.64. The van der Waals surface area contributed by atoms with Gasteiger partial charge in [0.2, 0.25) is 6.17 Å². The number of rotatable bonds is 7. The van der Waals surface area contributed by atoms with Crippen molar-refractivity contribution in [2.45, 2.75) is 16.5 Å². The van der Waals surface area contributed by atoms with E-state index in [2.05, 4.69) is 5.32 Å². The molecule has 3 N–H and O–H groups in total. The Bertz CT molecular complexity index is 857. The molecule has 28 heavy (non-hydrogen) atoms. The molecule has 2 aromatic carbocycles. The molecule has 1 amide bonds. The molecule has 0 heterocycles. The van der Waals surface area contributed by atoms with Crippen molar-refractivity contribution in [1.82, 2.24) is 5.32 Å². The summed E-state index contributed by atoms with van der Waals surface area (Å²) in [6.45, 7) is 0.370. The number of hydrogen-bond donors (Lipinski definition) is 2. The number of quaternary nitrogens is 1. The minimum Gasteiger partial charge on any atom is -0.319 e. The largest absolute Gasteiger partial charge is 0.319 e. The first-order valence-electron chi connectivity index (χ1n) is 7.76. The molecule has 148 valence electrons. The molecule has 2 rings (SSSR count). The Kier molecular flexibility index (Phi) is 7.14. The fraction of sp³-hybridized carbons (Fsp3) is 0.188. The maximum atomic E-state index is 12.5. The summed E-state index contributed by atoms with van der Waals surface area (Å²) in [4.78, 5) is 32.8. The summed E-state index contributed by atoms with van der Waals surface area (Å²) >= 11 is 17.8. The lowest BCUT2D eigenvalue weighted by Gasteiger charge is -2.23. The number of nitrogens with zero attached hydrogens (tertiary/aromatic N) is 2. The summed E-state index contributed by atoms with van der Waals surface area (Å²) in [6, 6.07) is 11.8. The van der Waals surface area contributed by atoms with Gasteiger partial charge in [0.25, 0.3) is 21.1 Å². The van der Waals surface area contributed by atoms with Crippen LogP contribution in [0.3, 0.4) is 0 Å². The number of nitro benzene ring substituents is 2. The number of nitro groups is 2. The summed E-state index contributed by atoms with van der Waals surface area (Å²) in [7, 11) is 0. The molecule has 0 aromatic heterocycles. The number of nitrogens with two attached hydrogens (primary N) is 1. The topological polar surface area (TPSA) is 132 Å². The van der Waals surface area contributed by atoms with Gasteiger partial charge in [0.05, 0.1) is 21.5 Å².